The van der Waals surface area contributed by atoms with E-state index in [-0.39, 0.29) is 35.6 Å². The molecule has 0 spiro atoms. The van der Waals surface area contributed by atoms with Gasteiger partial charge >= 0.3 is 5.97 Å². The highest BCUT2D eigenvalue weighted by atomic mass is 16.4. The van der Waals surface area contributed by atoms with Crippen molar-refractivity contribution in [2.45, 2.75) is 18.9 Å². The predicted octanol–water partition coefficient (Wildman–Crippen LogP) is 4.55. The van der Waals surface area contributed by atoms with Gasteiger partial charge in [0.25, 0.3) is 11.8 Å². The number of hydrogen-bond acceptors (Lipinski definition) is 4. The van der Waals surface area contributed by atoms with Crippen LogP contribution in [0.3, 0.4) is 0 Å². The van der Waals surface area contributed by atoms with E-state index >= 15 is 0 Å². The van der Waals surface area contributed by atoms with Crippen LogP contribution < -0.4 is 16.0 Å². The maximum Gasteiger partial charge on any atom is 0.326 e. The van der Waals surface area contributed by atoms with Crippen LogP contribution in [0.1, 0.15) is 31.8 Å². The second-order valence-electron chi connectivity index (χ2n) is 8.81. The van der Waals surface area contributed by atoms with Gasteiger partial charge in [-0.3, -0.25) is 14.4 Å². The van der Waals surface area contributed by atoms with E-state index in [1.165, 1.54) is 6.07 Å². The zero-order chi connectivity index (χ0) is 27.6. The van der Waals surface area contributed by atoms with Crippen molar-refractivity contribution in [2.24, 2.45) is 0 Å². The lowest BCUT2D eigenvalue weighted by Gasteiger charge is -2.17. The Hall–Kier alpha value is -5.24. The Morgan fingerprint density at radius 1 is 0.590 bits per heavy atom. The number of para-hydroxylation sites is 2. The standard InChI is InChI=1S/C31H27N3O5/c35-28(20-22-13-5-2-6-14-22)32-25-17-9-7-15-23(25)29(36)33-26-18-10-8-16-24(26)30(37)34-27(31(38)39)19-21-11-3-1-4-12-21/h1-18,27H,19-20H2,(H,32,35)(H,33,36)(H,34,37)(H,38,39). The summed E-state index contributed by atoms with van der Waals surface area (Å²) >= 11 is 0. The Labute approximate surface area is 225 Å². The van der Waals surface area contributed by atoms with Gasteiger partial charge in [-0.05, 0) is 35.4 Å². The third-order valence-corrected chi connectivity index (χ3v) is 5.96. The minimum Gasteiger partial charge on any atom is -0.480 e. The van der Waals surface area contributed by atoms with E-state index in [1.54, 1.807) is 66.7 Å². The molecule has 0 radical (unpaired) electrons. The first-order chi connectivity index (χ1) is 18.9. The lowest BCUT2D eigenvalue weighted by atomic mass is 10.0. The summed E-state index contributed by atoms with van der Waals surface area (Å²) in [6.07, 6.45) is 0.250. The van der Waals surface area contributed by atoms with E-state index in [2.05, 4.69) is 16.0 Å². The molecule has 0 saturated carbocycles. The molecule has 0 heterocycles. The largest absolute Gasteiger partial charge is 0.480 e. The van der Waals surface area contributed by atoms with Gasteiger partial charge in [-0.2, -0.15) is 0 Å². The number of carboxylic acids is 1. The minimum atomic E-state index is -1.17. The van der Waals surface area contributed by atoms with Crippen molar-refractivity contribution in [1.29, 1.82) is 0 Å². The third kappa shape index (κ3) is 7.39. The van der Waals surface area contributed by atoms with Gasteiger partial charge in [-0.25, -0.2) is 4.79 Å². The minimum absolute atomic E-state index is 0.104. The molecule has 8 heteroatoms. The van der Waals surface area contributed by atoms with Crippen LogP contribution in [0.4, 0.5) is 11.4 Å². The first-order valence-electron chi connectivity index (χ1n) is 12.3. The molecule has 0 bridgehead atoms. The van der Waals surface area contributed by atoms with Crippen molar-refractivity contribution in [2.75, 3.05) is 10.6 Å². The van der Waals surface area contributed by atoms with Crippen molar-refractivity contribution in [3.05, 3.63) is 131 Å². The first-order valence-corrected chi connectivity index (χ1v) is 12.3. The van der Waals surface area contributed by atoms with Gasteiger partial charge in [0.1, 0.15) is 6.04 Å². The first kappa shape index (κ1) is 26.8. The monoisotopic (exact) mass is 521 g/mol. The highest BCUT2D eigenvalue weighted by Crippen LogP contribution is 2.21. The molecule has 0 aliphatic rings. The van der Waals surface area contributed by atoms with Gasteiger partial charge in [0.05, 0.1) is 28.9 Å². The number of amides is 3. The topological polar surface area (TPSA) is 125 Å². The molecule has 39 heavy (non-hydrogen) atoms. The van der Waals surface area contributed by atoms with Gasteiger partial charge in [-0.1, -0.05) is 84.9 Å². The van der Waals surface area contributed by atoms with Crippen molar-refractivity contribution in [3.8, 4) is 0 Å². The van der Waals surface area contributed by atoms with Crippen molar-refractivity contribution < 1.29 is 24.3 Å². The number of carbonyl (C=O) groups is 4. The Kier molecular flexibility index (Phi) is 8.82. The Morgan fingerprint density at radius 2 is 1.08 bits per heavy atom. The molecule has 0 fully saturated rings. The van der Waals surface area contributed by atoms with Gasteiger partial charge in [0.15, 0.2) is 0 Å². The fraction of sp³-hybridized carbons (Fsp3) is 0.0968. The van der Waals surface area contributed by atoms with Gasteiger partial charge in [0, 0.05) is 6.42 Å². The molecule has 3 amide bonds. The van der Waals surface area contributed by atoms with Crippen molar-refractivity contribution >= 4 is 35.1 Å². The van der Waals surface area contributed by atoms with Crippen molar-refractivity contribution in [3.63, 3.8) is 0 Å². The van der Waals surface area contributed by atoms with Crippen LogP contribution in [0.2, 0.25) is 0 Å². The van der Waals surface area contributed by atoms with Crippen LogP contribution in [-0.4, -0.2) is 34.8 Å². The summed E-state index contributed by atoms with van der Waals surface area (Å²) < 4.78 is 0. The maximum atomic E-state index is 13.2. The average Bonchev–Trinajstić information content (AvgIpc) is 2.94. The zero-order valence-corrected chi connectivity index (χ0v) is 21.0. The van der Waals surface area contributed by atoms with E-state index in [1.807, 2.05) is 36.4 Å². The Bertz CT molecular complexity index is 1470. The number of hydrogen-bond donors (Lipinski definition) is 4. The normalized spacial score (nSPS) is 11.2. The molecular weight excluding hydrogens is 494 g/mol. The highest BCUT2D eigenvalue weighted by molar-refractivity contribution is 6.13. The molecule has 0 aliphatic heterocycles. The smallest absolute Gasteiger partial charge is 0.326 e. The summed E-state index contributed by atoms with van der Waals surface area (Å²) in [4.78, 5) is 50.8. The molecule has 0 aromatic heterocycles. The quantitative estimate of drug-likeness (QED) is 0.244. The number of anilines is 2. The molecule has 196 valence electrons. The van der Waals surface area contributed by atoms with Crippen LogP contribution in [0.5, 0.6) is 0 Å². The second-order valence-corrected chi connectivity index (χ2v) is 8.81. The summed E-state index contributed by atoms with van der Waals surface area (Å²) in [5.74, 6) is -2.63. The zero-order valence-electron chi connectivity index (χ0n) is 21.0. The van der Waals surface area contributed by atoms with Crippen LogP contribution in [0.15, 0.2) is 109 Å². The van der Waals surface area contributed by atoms with E-state index in [4.69, 9.17) is 0 Å². The van der Waals surface area contributed by atoms with Crippen LogP contribution in [0.25, 0.3) is 0 Å². The van der Waals surface area contributed by atoms with Crippen LogP contribution in [0, 0.1) is 0 Å². The number of carbonyl (C=O) groups excluding carboxylic acids is 3. The van der Waals surface area contributed by atoms with Crippen LogP contribution >= 0.6 is 0 Å². The molecule has 1 unspecified atom stereocenters. The van der Waals surface area contributed by atoms with Gasteiger partial charge in [0.2, 0.25) is 5.91 Å². The number of aliphatic carboxylic acids is 1. The number of carboxylic acid groups (broad SMARTS) is 1. The molecular formula is C31H27N3O5. The number of nitrogens with one attached hydrogen (secondary N) is 3. The molecule has 1 atom stereocenters. The molecule has 4 N–H and O–H groups in total. The van der Waals surface area contributed by atoms with Crippen LogP contribution in [-0.2, 0) is 22.4 Å². The lowest BCUT2D eigenvalue weighted by Crippen LogP contribution is -2.42. The van der Waals surface area contributed by atoms with E-state index in [9.17, 15) is 24.3 Å². The number of rotatable bonds is 10. The lowest BCUT2D eigenvalue weighted by molar-refractivity contribution is -0.139. The SMILES string of the molecule is O=C(Cc1ccccc1)Nc1ccccc1C(=O)Nc1ccccc1C(=O)NC(Cc1ccccc1)C(=O)O. The second kappa shape index (κ2) is 12.8. The summed E-state index contributed by atoms with van der Waals surface area (Å²) in [5.41, 5.74) is 2.44. The Balaban J connectivity index is 1.48. The maximum absolute atomic E-state index is 13.2. The van der Waals surface area contributed by atoms with E-state index < -0.39 is 23.8 Å². The van der Waals surface area contributed by atoms with Crippen molar-refractivity contribution in [1.82, 2.24) is 5.32 Å². The fourth-order valence-corrected chi connectivity index (χ4v) is 4.03. The summed E-state index contributed by atoms with van der Waals surface area (Å²) in [5, 5.41) is 17.7. The summed E-state index contributed by atoms with van der Waals surface area (Å²) in [6.45, 7) is 0. The highest BCUT2D eigenvalue weighted by Gasteiger charge is 2.23. The number of benzene rings is 4. The Morgan fingerprint density at radius 3 is 1.67 bits per heavy atom. The van der Waals surface area contributed by atoms with E-state index in [0.717, 1.165) is 11.1 Å². The van der Waals surface area contributed by atoms with Gasteiger partial charge in [-0.15, -0.1) is 0 Å². The summed E-state index contributed by atoms with van der Waals surface area (Å²) in [6, 6.07) is 29.9. The fourth-order valence-electron chi connectivity index (χ4n) is 4.03. The van der Waals surface area contributed by atoms with Gasteiger partial charge < -0.3 is 21.1 Å². The molecule has 0 saturated heterocycles. The molecule has 4 aromatic carbocycles. The van der Waals surface area contributed by atoms with E-state index in [0.29, 0.717) is 5.69 Å². The third-order valence-electron chi connectivity index (χ3n) is 5.96. The summed E-state index contributed by atoms with van der Waals surface area (Å²) in [7, 11) is 0. The molecule has 4 aromatic rings. The molecule has 4 rings (SSSR count). The molecule has 8 nitrogen and oxygen atoms in total. The molecule has 0 aliphatic carbocycles. The predicted molar refractivity (Wildman–Crippen MR) is 149 cm³/mol. The average molecular weight is 522 g/mol.